The molecule has 0 bridgehead atoms. The topological polar surface area (TPSA) is 49.7 Å². The van der Waals surface area contributed by atoms with Gasteiger partial charge in [0.2, 0.25) is 0 Å². The molecule has 2 N–H and O–H groups in total. The van der Waals surface area contributed by atoms with Crippen molar-refractivity contribution >= 4 is 18.6 Å². The summed E-state index contributed by atoms with van der Waals surface area (Å²) < 4.78 is 4.96. The second-order valence-corrected chi connectivity index (χ2v) is 6.20. The van der Waals surface area contributed by atoms with Gasteiger partial charge >= 0.3 is 8.80 Å². The van der Waals surface area contributed by atoms with Crippen LogP contribution in [0.5, 0.6) is 0 Å². The Hall–Kier alpha value is -0.206. The molecule has 0 aliphatic rings. The normalized spacial score (nSPS) is 12.2. The van der Waals surface area contributed by atoms with Gasteiger partial charge in [0.25, 0.3) is 0 Å². The highest BCUT2D eigenvalue weighted by Gasteiger charge is 2.28. The van der Waals surface area contributed by atoms with Crippen molar-refractivity contribution in [3.05, 3.63) is 25.3 Å². The van der Waals surface area contributed by atoms with Crippen molar-refractivity contribution in [3.8, 4) is 0 Å². The van der Waals surface area contributed by atoms with E-state index in [4.69, 9.17) is 13.7 Å². The monoisotopic (exact) mass is 190 g/mol. The maximum atomic E-state index is 9.14. The summed E-state index contributed by atoms with van der Waals surface area (Å²) in [5, 5.41) is 0. The molecule has 0 fully saturated rings. The van der Waals surface area contributed by atoms with Crippen molar-refractivity contribution in [2.24, 2.45) is 0 Å². The fraction of sp³-hybridized carbons (Fsp3) is 0.333. The molecule has 0 unspecified atom stereocenters. The van der Waals surface area contributed by atoms with Crippen LogP contribution in [0.15, 0.2) is 25.3 Å². The first-order valence-corrected chi connectivity index (χ1v) is 7.01. The zero-order valence-electron chi connectivity index (χ0n) is 6.49. The highest BCUT2D eigenvalue weighted by molar-refractivity contribution is 6.64. The van der Waals surface area contributed by atoms with E-state index in [0.717, 1.165) is 6.04 Å². The molecule has 11 heavy (non-hydrogen) atoms. The van der Waals surface area contributed by atoms with Gasteiger partial charge in [-0.3, -0.25) is 0 Å². The zero-order valence-corrected chi connectivity index (χ0v) is 8.91. The van der Waals surface area contributed by atoms with Crippen LogP contribution in [-0.4, -0.2) is 28.2 Å². The summed E-state index contributed by atoms with van der Waals surface area (Å²) >= 11 is 0. The maximum Gasteiger partial charge on any atom is 0.488 e. The van der Waals surface area contributed by atoms with E-state index in [0.29, 0.717) is 0 Å². The predicted octanol–water partition coefficient (Wildman–Crippen LogP) is -0.199. The van der Waals surface area contributed by atoms with Gasteiger partial charge in [-0.1, -0.05) is 12.2 Å². The molecule has 5 heteroatoms. The predicted molar refractivity (Wildman–Crippen MR) is 49.8 cm³/mol. The van der Waals surface area contributed by atoms with E-state index in [9.17, 15) is 0 Å². The van der Waals surface area contributed by atoms with E-state index < -0.39 is 18.6 Å². The molecule has 0 spiro atoms. The van der Waals surface area contributed by atoms with Crippen LogP contribution in [0.25, 0.3) is 0 Å². The van der Waals surface area contributed by atoms with Crippen LogP contribution in [0.3, 0.4) is 0 Å². The highest BCUT2D eigenvalue weighted by Crippen LogP contribution is 2.03. The summed E-state index contributed by atoms with van der Waals surface area (Å²) in [6, 6.07) is 0.949. The first-order valence-electron chi connectivity index (χ1n) is 3.43. The molecule has 0 aromatic carbocycles. The molecule has 0 aromatic rings. The van der Waals surface area contributed by atoms with E-state index in [-0.39, 0.29) is 6.04 Å². The first-order chi connectivity index (χ1) is 5.12. The van der Waals surface area contributed by atoms with E-state index in [1.54, 1.807) is 6.08 Å². The fourth-order valence-corrected chi connectivity index (χ4v) is 3.35. The standard InChI is InChI=1S/C6H14O3Si2/c1-3-5-10-9-11(7,8)6-4-2/h3-4,7-8H,1-2,5-6,10H2. The Morgan fingerprint density at radius 3 is 2.45 bits per heavy atom. The summed E-state index contributed by atoms with van der Waals surface area (Å²) in [6.07, 6.45) is 3.19. The second-order valence-electron chi connectivity index (χ2n) is 2.16. The Bertz CT molecular complexity index is 136. The summed E-state index contributed by atoms with van der Waals surface area (Å²) in [6.45, 7) is 6.92. The average molecular weight is 190 g/mol. The van der Waals surface area contributed by atoms with Gasteiger partial charge in [-0.05, 0) is 6.04 Å². The van der Waals surface area contributed by atoms with Crippen LogP contribution in [-0.2, 0) is 4.12 Å². The summed E-state index contributed by atoms with van der Waals surface area (Å²) in [5.41, 5.74) is 0. The van der Waals surface area contributed by atoms with Gasteiger partial charge < -0.3 is 13.7 Å². The van der Waals surface area contributed by atoms with Crippen molar-refractivity contribution in [3.63, 3.8) is 0 Å². The zero-order chi connectivity index (χ0) is 8.74. The molecular weight excluding hydrogens is 176 g/mol. The van der Waals surface area contributed by atoms with Crippen LogP contribution >= 0.6 is 0 Å². The molecule has 0 rings (SSSR count). The minimum absolute atomic E-state index is 0.178. The Labute approximate surface area is 70.3 Å². The van der Waals surface area contributed by atoms with Gasteiger partial charge in [0, 0.05) is 6.04 Å². The molecular formula is C6H14O3Si2. The van der Waals surface area contributed by atoms with Gasteiger partial charge in [0.1, 0.15) is 0 Å². The average Bonchev–Trinajstić information content (AvgIpc) is 1.87. The van der Waals surface area contributed by atoms with Crippen LogP contribution in [0.1, 0.15) is 0 Å². The molecule has 3 nitrogen and oxygen atoms in total. The molecule has 0 amide bonds. The maximum absolute atomic E-state index is 9.14. The number of allylic oxidation sites excluding steroid dienone is 2. The third kappa shape index (κ3) is 6.20. The molecule has 0 saturated heterocycles. The third-order valence-corrected chi connectivity index (χ3v) is 5.20. The lowest BCUT2D eigenvalue weighted by Gasteiger charge is -2.15. The summed E-state index contributed by atoms with van der Waals surface area (Å²) in [5.74, 6) is 0. The molecule has 0 atom stereocenters. The SMILES string of the molecule is C=CC[SiH2]O[Si](O)(O)CC=C. The minimum Gasteiger partial charge on any atom is -0.421 e. The van der Waals surface area contributed by atoms with Gasteiger partial charge in [-0.2, -0.15) is 0 Å². The van der Waals surface area contributed by atoms with Crippen molar-refractivity contribution in [2.45, 2.75) is 12.1 Å². The smallest absolute Gasteiger partial charge is 0.421 e. The van der Waals surface area contributed by atoms with Crippen LogP contribution in [0.2, 0.25) is 12.1 Å². The molecule has 0 aliphatic carbocycles. The van der Waals surface area contributed by atoms with Gasteiger partial charge in [0.05, 0.1) is 0 Å². The number of hydrogen-bond acceptors (Lipinski definition) is 3. The second kappa shape index (κ2) is 5.44. The summed E-state index contributed by atoms with van der Waals surface area (Å²) in [4.78, 5) is 18.3. The van der Waals surface area contributed by atoms with Gasteiger partial charge in [0.15, 0.2) is 9.76 Å². The number of rotatable bonds is 6. The van der Waals surface area contributed by atoms with Crippen molar-refractivity contribution in [1.29, 1.82) is 0 Å². The number of hydrogen-bond donors (Lipinski definition) is 2. The highest BCUT2D eigenvalue weighted by atomic mass is 28.4. The lowest BCUT2D eigenvalue weighted by Crippen LogP contribution is -2.39. The van der Waals surface area contributed by atoms with Crippen molar-refractivity contribution in [1.82, 2.24) is 0 Å². The molecule has 0 radical (unpaired) electrons. The van der Waals surface area contributed by atoms with Gasteiger partial charge in [-0.25, -0.2) is 0 Å². The molecule has 0 aliphatic heterocycles. The molecule has 0 heterocycles. The Morgan fingerprint density at radius 2 is 2.00 bits per heavy atom. The Kier molecular flexibility index (Phi) is 5.34. The minimum atomic E-state index is -3.34. The van der Waals surface area contributed by atoms with E-state index in [2.05, 4.69) is 13.2 Å². The quantitative estimate of drug-likeness (QED) is 0.346. The van der Waals surface area contributed by atoms with E-state index >= 15 is 0 Å². The Morgan fingerprint density at radius 1 is 1.36 bits per heavy atom. The first kappa shape index (κ1) is 10.8. The lowest BCUT2D eigenvalue weighted by atomic mass is 10.8. The van der Waals surface area contributed by atoms with Crippen molar-refractivity contribution < 1.29 is 13.7 Å². The van der Waals surface area contributed by atoms with Crippen LogP contribution in [0, 0.1) is 0 Å². The van der Waals surface area contributed by atoms with Crippen molar-refractivity contribution in [2.75, 3.05) is 0 Å². The fourth-order valence-electron chi connectivity index (χ4n) is 0.553. The lowest BCUT2D eigenvalue weighted by molar-refractivity contribution is 0.250. The van der Waals surface area contributed by atoms with Crippen LogP contribution in [0.4, 0.5) is 0 Å². The molecule has 64 valence electrons. The van der Waals surface area contributed by atoms with Crippen LogP contribution < -0.4 is 0 Å². The largest absolute Gasteiger partial charge is 0.488 e. The Balaban J connectivity index is 3.53. The molecule has 0 aromatic heterocycles. The molecule has 0 saturated carbocycles. The van der Waals surface area contributed by atoms with Gasteiger partial charge in [-0.15, -0.1) is 13.2 Å². The third-order valence-electron chi connectivity index (χ3n) is 1.07. The summed E-state index contributed by atoms with van der Waals surface area (Å²) in [7, 11) is -4.16. The van der Waals surface area contributed by atoms with E-state index in [1.165, 1.54) is 6.08 Å². The van der Waals surface area contributed by atoms with E-state index in [1.807, 2.05) is 0 Å².